The Labute approximate surface area is 103 Å². The van der Waals surface area contributed by atoms with Crippen LogP contribution in [-0.4, -0.2) is 24.9 Å². The highest BCUT2D eigenvalue weighted by Crippen LogP contribution is 2.14. The molecule has 0 aliphatic heterocycles. The fourth-order valence-corrected chi connectivity index (χ4v) is 1.40. The van der Waals surface area contributed by atoms with Crippen LogP contribution in [0.1, 0.15) is 17.3 Å². The lowest BCUT2D eigenvalue weighted by Crippen LogP contribution is -2.43. The Morgan fingerprint density at radius 3 is 2.65 bits per heavy atom. The van der Waals surface area contributed by atoms with Crippen molar-refractivity contribution < 1.29 is 14.0 Å². The number of carbonyl (C=O) groups excluding carboxylic acids is 2. The summed E-state index contributed by atoms with van der Waals surface area (Å²) in [5, 5.41) is 4.99. The van der Waals surface area contributed by atoms with Crippen molar-refractivity contribution in [1.82, 2.24) is 10.6 Å². The third kappa shape index (κ3) is 3.42. The fraction of sp³-hybridized carbons (Fsp3) is 0.273. The fourth-order valence-electron chi connectivity index (χ4n) is 1.23. The molecule has 0 radical (unpaired) electrons. The van der Waals surface area contributed by atoms with Gasteiger partial charge in [-0.15, -0.1) is 0 Å². The van der Waals surface area contributed by atoms with Crippen LogP contribution in [0.4, 0.5) is 4.39 Å². The van der Waals surface area contributed by atoms with Crippen molar-refractivity contribution in [1.29, 1.82) is 0 Å². The molecule has 1 aromatic carbocycles. The molecule has 0 bridgehead atoms. The summed E-state index contributed by atoms with van der Waals surface area (Å²) in [7, 11) is 1.45. The lowest BCUT2D eigenvalue weighted by molar-refractivity contribution is -0.122. The van der Waals surface area contributed by atoms with E-state index in [2.05, 4.69) is 10.6 Å². The van der Waals surface area contributed by atoms with Gasteiger partial charge in [0.25, 0.3) is 5.91 Å². The van der Waals surface area contributed by atoms with Crippen LogP contribution in [0.25, 0.3) is 0 Å². The normalized spacial score (nSPS) is 11.8. The topological polar surface area (TPSA) is 58.2 Å². The minimum absolute atomic E-state index is 0.187. The Morgan fingerprint density at radius 1 is 1.41 bits per heavy atom. The van der Waals surface area contributed by atoms with E-state index in [1.165, 1.54) is 26.1 Å². The van der Waals surface area contributed by atoms with Crippen molar-refractivity contribution in [3.63, 3.8) is 0 Å². The van der Waals surface area contributed by atoms with Crippen molar-refractivity contribution in [3.05, 3.63) is 34.6 Å². The number of benzene rings is 1. The first-order valence-corrected chi connectivity index (χ1v) is 5.31. The van der Waals surface area contributed by atoms with Gasteiger partial charge in [0.15, 0.2) is 0 Å². The first-order chi connectivity index (χ1) is 7.95. The van der Waals surface area contributed by atoms with Gasteiger partial charge in [0.05, 0.1) is 5.56 Å². The summed E-state index contributed by atoms with van der Waals surface area (Å²) >= 11 is 5.66. The molecule has 1 rings (SSSR count). The zero-order valence-electron chi connectivity index (χ0n) is 9.38. The van der Waals surface area contributed by atoms with Gasteiger partial charge >= 0.3 is 0 Å². The van der Waals surface area contributed by atoms with Gasteiger partial charge in [-0.05, 0) is 25.1 Å². The molecular formula is C11H12ClFN2O2. The number of carbonyl (C=O) groups is 2. The highest BCUT2D eigenvalue weighted by atomic mass is 35.5. The molecule has 0 aliphatic rings. The lowest BCUT2D eigenvalue weighted by Gasteiger charge is -2.12. The molecule has 1 unspecified atom stereocenters. The second-order valence-corrected chi connectivity index (χ2v) is 3.87. The summed E-state index contributed by atoms with van der Waals surface area (Å²) in [6, 6.07) is 2.91. The Hall–Kier alpha value is -1.62. The van der Waals surface area contributed by atoms with Crippen molar-refractivity contribution in [2.75, 3.05) is 7.05 Å². The number of rotatable bonds is 3. The van der Waals surface area contributed by atoms with Crippen LogP contribution in [0.3, 0.4) is 0 Å². The molecule has 0 fully saturated rings. The number of likely N-dealkylation sites (N-methyl/N-ethyl adjacent to an activating group) is 1. The average Bonchev–Trinajstić information content (AvgIpc) is 2.30. The third-order valence-corrected chi connectivity index (χ3v) is 2.40. The Kier molecular flexibility index (Phi) is 4.45. The smallest absolute Gasteiger partial charge is 0.254 e. The summed E-state index contributed by atoms with van der Waals surface area (Å²) in [4.78, 5) is 22.8. The Morgan fingerprint density at radius 2 is 2.06 bits per heavy atom. The molecule has 1 aromatic rings. The molecule has 0 saturated carbocycles. The van der Waals surface area contributed by atoms with Crippen molar-refractivity contribution in [2.45, 2.75) is 13.0 Å². The van der Waals surface area contributed by atoms with Crippen LogP contribution in [0.5, 0.6) is 0 Å². The number of nitrogens with one attached hydrogen (secondary N) is 2. The average molecular weight is 259 g/mol. The zero-order valence-corrected chi connectivity index (χ0v) is 10.1. The van der Waals surface area contributed by atoms with E-state index < -0.39 is 17.8 Å². The molecular weight excluding hydrogens is 247 g/mol. The van der Waals surface area contributed by atoms with Gasteiger partial charge < -0.3 is 10.6 Å². The maximum absolute atomic E-state index is 13.3. The summed E-state index contributed by atoms with van der Waals surface area (Å²) in [6.45, 7) is 1.50. The predicted molar refractivity (Wildman–Crippen MR) is 62.4 cm³/mol. The molecule has 0 aromatic heterocycles. The van der Waals surface area contributed by atoms with Crippen LogP contribution < -0.4 is 10.6 Å². The van der Waals surface area contributed by atoms with Crippen molar-refractivity contribution in [3.8, 4) is 0 Å². The minimum atomic E-state index is -0.745. The molecule has 1 atom stereocenters. The molecule has 2 amide bonds. The summed E-state index contributed by atoms with van der Waals surface area (Å²) in [5.74, 6) is -1.72. The van der Waals surface area contributed by atoms with E-state index in [0.29, 0.717) is 0 Å². The van der Waals surface area contributed by atoms with E-state index in [-0.39, 0.29) is 16.5 Å². The highest BCUT2D eigenvalue weighted by molar-refractivity contribution is 6.31. The Bertz CT molecular complexity index is 451. The third-order valence-electron chi connectivity index (χ3n) is 2.16. The van der Waals surface area contributed by atoms with E-state index in [9.17, 15) is 14.0 Å². The molecule has 0 aliphatic carbocycles. The van der Waals surface area contributed by atoms with E-state index in [1.807, 2.05) is 0 Å². The Balaban J connectivity index is 2.83. The molecule has 92 valence electrons. The van der Waals surface area contributed by atoms with Crippen LogP contribution >= 0.6 is 11.6 Å². The molecule has 0 spiro atoms. The number of halogens is 2. The minimum Gasteiger partial charge on any atom is -0.357 e. The van der Waals surface area contributed by atoms with E-state index in [1.54, 1.807) is 0 Å². The maximum Gasteiger partial charge on any atom is 0.254 e. The van der Waals surface area contributed by atoms with Crippen LogP contribution in [-0.2, 0) is 4.79 Å². The lowest BCUT2D eigenvalue weighted by atomic mass is 10.2. The van der Waals surface area contributed by atoms with Crippen molar-refractivity contribution >= 4 is 23.4 Å². The molecule has 0 heterocycles. The molecule has 0 saturated heterocycles. The summed E-state index contributed by atoms with van der Waals surface area (Å²) in [5.41, 5.74) is -0.187. The van der Waals surface area contributed by atoms with Gasteiger partial charge in [0.1, 0.15) is 11.9 Å². The number of hydrogen-bond acceptors (Lipinski definition) is 2. The summed E-state index contributed by atoms with van der Waals surface area (Å²) < 4.78 is 13.3. The monoisotopic (exact) mass is 258 g/mol. The zero-order chi connectivity index (χ0) is 13.0. The molecule has 6 heteroatoms. The molecule has 2 N–H and O–H groups in total. The van der Waals surface area contributed by atoms with E-state index in [4.69, 9.17) is 11.6 Å². The molecule has 17 heavy (non-hydrogen) atoms. The van der Waals surface area contributed by atoms with Gasteiger partial charge in [0, 0.05) is 12.1 Å². The second-order valence-electron chi connectivity index (χ2n) is 3.43. The molecule has 4 nitrogen and oxygen atoms in total. The first-order valence-electron chi connectivity index (χ1n) is 4.93. The first kappa shape index (κ1) is 13.4. The van der Waals surface area contributed by atoms with Crippen LogP contribution in [0, 0.1) is 5.82 Å². The van der Waals surface area contributed by atoms with Gasteiger partial charge in [-0.3, -0.25) is 9.59 Å². The van der Waals surface area contributed by atoms with Crippen molar-refractivity contribution in [2.24, 2.45) is 0 Å². The van der Waals surface area contributed by atoms with Gasteiger partial charge in [-0.1, -0.05) is 11.6 Å². The number of hydrogen-bond donors (Lipinski definition) is 2. The summed E-state index contributed by atoms with van der Waals surface area (Å²) in [6.07, 6.45) is 0. The quantitative estimate of drug-likeness (QED) is 0.860. The maximum atomic E-state index is 13.3. The van der Waals surface area contributed by atoms with Gasteiger partial charge in [-0.2, -0.15) is 0 Å². The van der Waals surface area contributed by atoms with Crippen LogP contribution in [0.15, 0.2) is 18.2 Å². The van der Waals surface area contributed by atoms with Crippen LogP contribution in [0.2, 0.25) is 5.02 Å². The van der Waals surface area contributed by atoms with Gasteiger partial charge in [-0.25, -0.2) is 4.39 Å². The van der Waals surface area contributed by atoms with E-state index >= 15 is 0 Å². The SMILES string of the molecule is CNC(=O)C(C)NC(=O)c1cc(Cl)ccc1F. The number of amides is 2. The standard InChI is InChI=1S/C11H12ClFN2O2/c1-6(10(16)14-2)15-11(17)8-5-7(12)3-4-9(8)13/h3-6H,1-2H3,(H,14,16)(H,15,17). The largest absolute Gasteiger partial charge is 0.357 e. The highest BCUT2D eigenvalue weighted by Gasteiger charge is 2.18. The van der Waals surface area contributed by atoms with E-state index in [0.717, 1.165) is 6.07 Å². The predicted octanol–water partition coefficient (Wildman–Crippen LogP) is 1.34. The second kappa shape index (κ2) is 5.63. The van der Waals surface area contributed by atoms with Gasteiger partial charge in [0.2, 0.25) is 5.91 Å².